The van der Waals surface area contributed by atoms with Gasteiger partial charge in [-0.15, -0.1) is 0 Å². The van der Waals surface area contributed by atoms with Gasteiger partial charge < -0.3 is 26.3 Å². The molecule has 0 aliphatic heterocycles. The molecule has 3 amide bonds. The van der Waals surface area contributed by atoms with Gasteiger partial charge in [0, 0.05) is 11.7 Å². The normalized spacial score (nSPS) is 14.3. The molecule has 39 heavy (non-hydrogen) atoms. The Bertz CT molecular complexity index is 1300. The van der Waals surface area contributed by atoms with Gasteiger partial charge in [0.2, 0.25) is 5.91 Å². The smallest absolute Gasteiger partial charge is 0.273 e. The molecule has 11 heteroatoms. The number of anilines is 2. The van der Waals surface area contributed by atoms with Crippen molar-refractivity contribution in [3.05, 3.63) is 64.7 Å². The first kappa shape index (κ1) is 27.9. The Morgan fingerprint density at radius 3 is 2.26 bits per heavy atom. The minimum absolute atomic E-state index is 0.0132. The zero-order valence-corrected chi connectivity index (χ0v) is 22.8. The summed E-state index contributed by atoms with van der Waals surface area (Å²) in [5.74, 6) is -0.512. The molecule has 0 saturated heterocycles. The Hall–Kier alpha value is -4.12. The first-order valence-electron chi connectivity index (χ1n) is 12.9. The van der Waals surface area contributed by atoms with Crippen LogP contribution in [0.5, 0.6) is 11.5 Å². The Morgan fingerprint density at radius 2 is 1.69 bits per heavy atom. The van der Waals surface area contributed by atoms with Crippen LogP contribution in [0, 0.1) is 0 Å². The maximum absolute atomic E-state index is 14.2. The standard InChI is InChI=1S/C28H33N5O5S/c1-3-38-21-13-9-17(10-14-21)24(27(35)31-18-7-5-4-6-8-18)33(19-11-15-20(37-2)16-12-19)28(36)25-22(29)23(26(30)34)32-39-25/h9-16,18,24H,3-8,29H2,1-2H3,(H2,30,34)(H,31,35)/t24-/m1/s1. The van der Waals surface area contributed by atoms with Crippen molar-refractivity contribution < 1.29 is 23.9 Å². The van der Waals surface area contributed by atoms with E-state index in [9.17, 15) is 14.4 Å². The fourth-order valence-corrected chi connectivity index (χ4v) is 5.47. The molecule has 4 rings (SSSR count). The van der Waals surface area contributed by atoms with Crippen molar-refractivity contribution in [3.63, 3.8) is 0 Å². The fourth-order valence-electron chi connectivity index (χ4n) is 4.72. The van der Waals surface area contributed by atoms with Crippen LogP contribution in [-0.4, -0.2) is 41.9 Å². The number of nitrogens with one attached hydrogen (secondary N) is 1. The first-order valence-corrected chi connectivity index (χ1v) is 13.7. The van der Waals surface area contributed by atoms with Gasteiger partial charge in [0.25, 0.3) is 11.8 Å². The topological polar surface area (TPSA) is 150 Å². The molecule has 1 fully saturated rings. The van der Waals surface area contributed by atoms with Crippen LogP contribution in [-0.2, 0) is 4.79 Å². The van der Waals surface area contributed by atoms with Crippen molar-refractivity contribution in [3.8, 4) is 11.5 Å². The molecule has 1 saturated carbocycles. The lowest BCUT2D eigenvalue weighted by Gasteiger charge is -2.33. The number of carbonyl (C=O) groups is 3. The lowest BCUT2D eigenvalue weighted by atomic mass is 9.94. The molecule has 0 radical (unpaired) electrons. The Kier molecular flexibility index (Phi) is 9.03. The van der Waals surface area contributed by atoms with Gasteiger partial charge in [-0.3, -0.25) is 19.3 Å². The molecule has 2 aromatic carbocycles. The predicted molar refractivity (Wildman–Crippen MR) is 150 cm³/mol. The number of nitrogens with two attached hydrogens (primary N) is 2. The number of benzene rings is 2. The number of methoxy groups -OCH3 is 1. The van der Waals surface area contributed by atoms with Crippen LogP contribution in [0.2, 0.25) is 0 Å². The van der Waals surface area contributed by atoms with Gasteiger partial charge in [0.05, 0.1) is 19.4 Å². The lowest BCUT2D eigenvalue weighted by molar-refractivity contribution is -0.123. The number of nitrogen functional groups attached to an aromatic ring is 1. The number of amides is 3. The van der Waals surface area contributed by atoms with E-state index in [1.165, 1.54) is 4.90 Å². The molecule has 1 atom stereocenters. The van der Waals surface area contributed by atoms with Crippen molar-refractivity contribution in [2.45, 2.75) is 51.1 Å². The third kappa shape index (κ3) is 6.31. The number of rotatable bonds is 10. The maximum atomic E-state index is 14.2. The van der Waals surface area contributed by atoms with Gasteiger partial charge in [-0.25, -0.2) is 0 Å². The fraction of sp³-hybridized carbons (Fsp3) is 0.357. The number of ether oxygens (including phenoxy) is 2. The Labute approximate surface area is 231 Å². The molecule has 206 valence electrons. The quantitative estimate of drug-likeness (QED) is 0.344. The number of hydrogen-bond acceptors (Lipinski definition) is 8. The van der Waals surface area contributed by atoms with E-state index in [2.05, 4.69) is 9.69 Å². The largest absolute Gasteiger partial charge is 0.497 e. The van der Waals surface area contributed by atoms with E-state index < -0.39 is 17.9 Å². The second-order valence-corrected chi connectivity index (χ2v) is 10.0. The van der Waals surface area contributed by atoms with Crippen LogP contribution in [0.15, 0.2) is 48.5 Å². The molecular formula is C28H33N5O5S. The van der Waals surface area contributed by atoms with Crippen LogP contribution in [0.1, 0.15) is 70.8 Å². The highest BCUT2D eigenvalue weighted by Crippen LogP contribution is 2.35. The van der Waals surface area contributed by atoms with Crippen molar-refractivity contribution >= 4 is 40.6 Å². The van der Waals surface area contributed by atoms with Crippen molar-refractivity contribution in [2.75, 3.05) is 24.4 Å². The van der Waals surface area contributed by atoms with Gasteiger partial charge in [0.15, 0.2) is 5.69 Å². The molecule has 1 aliphatic carbocycles. The summed E-state index contributed by atoms with van der Waals surface area (Å²) in [6.07, 6.45) is 4.96. The van der Waals surface area contributed by atoms with E-state index in [0.717, 1.165) is 43.6 Å². The minimum atomic E-state index is -1.05. The molecule has 0 spiro atoms. The van der Waals surface area contributed by atoms with Gasteiger partial charge in [0.1, 0.15) is 22.4 Å². The molecule has 5 N–H and O–H groups in total. The van der Waals surface area contributed by atoms with Crippen LogP contribution < -0.4 is 31.2 Å². The SMILES string of the molecule is CCOc1ccc([C@H](C(=O)NC2CCCCC2)N(C(=O)c2snc(C(N)=O)c2N)c2ccc(OC)cc2)cc1. The summed E-state index contributed by atoms with van der Waals surface area (Å²) >= 11 is 0.769. The summed E-state index contributed by atoms with van der Waals surface area (Å²) in [6, 6.07) is 12.8. The lowest BCUT2D eigenvalue weighted by Crippen LogP contribution is -2.47. The Morgan fingerprint density at radius 1 is 1.05 bits per heavy atom. The second kappa shape index (κ2) is 12.6. The van der Waals surface area contributed by atoms with E-state index in [-0.39, 0.29) is 28.2 Å². The van der Waals surface area contributed by atoms with Gasteiger partial charge in [-0.2, -0.15) is 4.37 Å². The van der Waals surface area contributed by atoms with Crippen molar-refractivity contribution in [2.24, 2.45) is 5.73 Å². The van der Waals surface area contributed by atoms with Gasteiger partial charge in [-0.05, 0) is 73.3 Å². The van der Waals surface area contributed by atoms with E-state index in [4.69, 9.17) is 20.9 Å². The zero-order valence-electron chi connectivity index (χ0n) is 22.0. The number of hydrogen-bond donors (Lipinski definition) is 3. The highest BCUT2D eigenvalue weighted by Gasteiger charge is 2.37. The summed E-state index contributed by atoms with van der Waals surface area (Å²) in [4.78, 5) is 41.4. The van der Waals surface area contributed by atoms with Crippen molar-refractivity contribution in [1.82, 2.24) is 9.69 Å². The number of primary amides is 1. The molecule has 0 bridgehead atoms. The highest BCUT2D eigenvalue weighted by molar-refractivity contribution is 7.09. The summed E-state index contributed by atoms with van der Waals surface area (Å²) in [7, 11) is 1.54. The number of carbonyl (C=O) groups excluding carboxylic acids is 3. The second-order valence-electron chi connectivity index (χ2n) is 9.26. The average molecular weight is 552 g/mol. The number of aromatic nitrogens is 1. The van der Waals surface area contributed by atoms with Gasteiger partial charge in [-0.1, -0.05) is 31.4 Å². The van der Waals surface area contributed by atoms with Crippen molar-refractivity contribution in [1.29, 1.82) is 0 Å². The average Bonchev–Trinajstić information content (AvgIpc) is 3.34. The summed E-state index contributed by atoms with van der Waals surface area (Å²) < 4.78 is 14.9. The monoisotopic (exact) mass is 551 g/mol. The highest BCUT2D eigenvalue weighted by atomic mass is 32.1. The van der Waals surface area contributed by atoms with E-state index in [0.29, 0.717) is 29.4 Å². The van der Waals surface area contributed by atoms with Crippen LogP contribution in [0.4, 0.5) is 11.4 Å². The van der Waals surface area contributed by atoms with E-state index in [1.54, 1.807) is 55.6 Å². The van der Waals surface area contributed by atoms with Crippen LogP contribution in [0.25, 0.3) is 0 Å². The molecule has 1 aliphatic rings. The van der Waals surface area contributed by atoms with Crippen LogP contribution in [0.3, 0.4) is 0 Å². The zero-order chi connectivity index (χ0) is 27.9. The molecule has 10 nitrogen and oxygen atoms in total. The summed E-state index contributed by atoms with van der Waals surface area (Å²) in [6.45, 7) is 2.38. The van der Waals surface area contributed by atoms with E-state index in [1.807, 2.05) is 6.92 Å². The minimum Gasteiger partial charge on any atom is -0.497 e. The third-order valence-corrected chi connectivity index (χ3v) is 7.54. The van der Waals surface area contributed by atoms with E-state index >= 15 is 0 Å². The summed E-state index contributed by atoms with van der Waals surface area (Å²) in [5.41, 5.74) is 12.3. The predicted octanol–water partition coefficient (Wildman–Crippen LogP) is 4.07. The first-order chi connectivity index (χ1) is 18.8. The Balaban J connectivity index is 1.83. The maximum Gasteiger partial charge on any atom is 0.273 e. The molecule has 3 aromatic rings. The number of nitrogens with zero attached hydrogens (tertiary/aromatic N) is 2. The van der Waals surface area contributed by atoms with Gasteiger partial charge >= 0.3 is 0 Å². The van der Waals surface area contributed by atoms with Crippen LogP contribution >= 0.6 is 11.5 Å². The summed E-state index contributed by atoms with van der Waals surface area (Å²) in [5, 5.41) is 3.17. The molecular weight excluding hydrogens is 518 g/mol. The third-order valence-electron chi connectivity index (χ3n) is 6.69. The molecule has 0 unspecified atom stereocenters. The molecule has 1 aromatic heterocycles. The molecule has 1 heterocycles.